The first-order chi connectivity index (χ1) is 11.0. The number of furan rings is 1. The van der Waals surface area contributed by atoms with Crippen LogP contribution in [0.25, 0.3) is 5.69 Å². The zero-order chi connectivity index (χ0) is 16.4. The fourth-order valence-electron chi connectivity index (χ4n) is 2.12. The molecule has 0 fully saturated rings. The van der Waals surface area contributed by atoms with Gasteiger partial charge in [-0.2, -0.15) is 0 Å². The van der Waals surface area contributed by atoms with Crippen LogP contribution in [0.3, 0.4) is 0 Å². The molecule has 2 heterocycles. The van der Waals surface area contributed by atoms with Crippen LogP contribution < -0.4 is 4.72 Å². The van der Waals surface area contributed by atoms with Crippen molar-refractivity contribution in [1.29, 1.82) is 0 Å². The monoisotopic (exact) mass is 333 g/mol. The van der Waals surface area contributed by atoms with Crippen LogP contribution in [0.15, 0.2) is 52.0 Å². The molecule has 1 N–H and O–H groups in total. The van der Waals surface area contributed by atoms with Crippen molar-refractivity contribution in [1.82, 2.24) is 24.9 Å². The van der Waals surface area contributed by atoms with Gasteiger partial charge in [0.15, 0.2) is 0 Å². The highest BCUT2D eigenvalue weighted by atomic mass is 32.2. The van der Waals surface area contributed by atoms with E-state index in [0.29, 0.717) is 11.4 Å². The third-order valence-electron chi connectivity index (χ3n) is 3.26. The maximum absolute atomic E-state index is 12.5. The minimum atomic E-state index is -3.70. The molecule has 0 unspecified atom stereocenters. The Morgan fingerprint density at radius 2 is 2.09 bits per heavy atom. The predicted molar refractivity (Wildman–Crippen MR) is 81.3 cm³/mol. The van der Waals surface area contributed by atoms with Crippen LogP contribution in [0.5, 0.6) is 0 Å². The molecule has 1 aromatic carbocycles. The van der Waals surface area contributed by atoms with E-state index < -0.39 is 16.1 Å². The van der Waals surface area contributed by atoms with Crippen LogP contribution in [0.2, 0.25) is 0 Å². The fraction of sp³-hybridized carbons (Fsp3) is 0.214. The first-order valence-corrected chi connectivity index (χ1v) is 8.36. The molecule has 0 aliphatic carbocycles. The van der Waals surface area contributed by atoms with Crippen molar-refractivity contribution in [2.45, 2.75) is 24.8 Å². The molecule has 23 heavy (non-hydrogen) atoms. The number of sulfonamides is 1. The lowest BCUT2D eigenvalue weighted by Gasteiger charge is -2.12. The van der Waals surface area contributed by atoms with E-state index in [2.05, 4.69) is 20.2 Å². The first kappa shape index (κ1) is 15.4. The smallest absolute Gasteiger partial charge is 0.241 e. The van der Waals surface area contributed by atoms with Crippen molar-refractivity contribution in [3.05, 3.63) is 54.2 Å². The van der Waals surface area contributed by atoms with E-state index in [1.54, 1.807) is 38.1 Å². The van der Waals surface area contributed by atoms with Crippen molar-refractivity contribution in [3.8, 4) is 5.69 Å². The Morgan fingerprint density at radius 1 is 1.26 bits per heavy atom. The summed E-state index contributed by atoms with van der Waals surface area (Å²) in [5.74, 6) is 1.29. The summed E-state index contributed by atoms with van der Waals surface area (Å²) >= 11 is 0. The Kier molecular flexibility index (Phi) is 3.97. The third kappa shape index (κ3) is 3.30. The maximum Gasteiger partial charge on any atom is 0.241 e. The molecule has 0 aliphatic rings. The van der Waals surface area contributed by atoms with Crippen LogP contribution in [0.4, 0.5) is 0 Å². The van der Waals surface area contributed by atoms with Gasteiger partial charge in [0.1, 0.15) is 17.8 Å². The maximum atomic E-state index is 12.5. The molecule has 3 rings (SSSR count). The molecular formula is C14H15N5O3S. The van der Waals surface area contributed by atoms with Crippen LogP contribution >= 0.6 is 0 Å². The van der Waals surface area contributed by atoms with E-state index in [1.165, 1.54) is 23.1 Å². The van der Waals surface area contributed by atoms with Crippen molar-refractivity contribution < 1.29 is 12.8 Å². The standard InChI is InChI=1S/C14H15N5O3S/c1-10-6-7-14(22-10)11(2)16-23(20,21)13-5-3-4-12(8-13)19-9-15-17-18-19/h3-9,11,16H,1-2H3/t11-/m1/s1. The molecule has 0 saturated heterocycles. The van der Waals surface area contributed by atoms with Gasteiger partial charge in [-0.1, -0.05) is 6.07 Å². The third-order valence-corrected chi connectivity index (χ3v) is 4.80. The van der Waals surface area contributed by atoms with E-state index in [1.807, 2.05) is 0 Å². The molecule has 0 amide bonds. The number of aryl methyl sites for hydroxylation is 1. The number of rotatable bonds is 5. The number of nitrogens with zero attached hydrogens (tertiary/aromatic N) is 4. The SMILES string of the molecule is Cc1ccc([C@@H](C)NS(=O)(=O)c2cccc(-n3cnnn3)c2)o1. The van der Waals surface area contributed by atoms with Gasteiger partial charge < -0.3 is 4.42 Å². The molecule has 1 atom stereocenters. The number of hydrogen-bond donors (Lipinski definition) is 1. The Hall–Kier alpha value is -2.52. The molecule has 0 bridgehead atoms. The lowest BCUT2D eigenvalue weighted by atomic mass is 10.3. The fourth-order valence-corrected chi connectivity index (χ4v) is 3.37. The second-order valence-electron chi connectivity index (χ2n) is 5.04. The minimum absolute atomic E-state index is 0.126. The highest BCUT2D eigenvalue weighted by Gasteiger charge is 2.20. The van der Waals surface area contributed by atoms with Gasteiger partial charge in [-0.25, -0.2) is 17.8 Å². The van der Waals surface area contributed by atoms with Crippen molar-refractivity contribution in [2.24, 2.45) is 0 Å². The Balaban J connectivity index is 1.86. The summed E-state index contributed by atoms with van der Waals surface area (Å²) in [5, 5.41) is 10.8. The molecule has 8 nitrogen and oxygen atoms in total. The number of hydrogen-bond acceptors (Lipinski definition) is 6. The highest BCUT2D eigenvalue weighted by molar-refractivity contribution is 7.89. The molecule has 0 spiro atoms. The summed E-state index contributed by atoms with van der Waals surface area (Å²) in [6.07, 6.45) is 1.40. The number of benzene rings is 1. The zero-order valence-corrected chi connectivity index (χ0v) is 13.4. The van der Waals surface area contributed by atoms with E-state index in [9.17, 15) is 8.42 Å². The van der Waals surface area contributed by atoms with E-state index in [0.717, 1.165) is 5.76 Å². The summed E-state index contributed by atoms with van der Waals surface area (Å²) in [7, 11) is -3.70. The normalized spacial score (nSPS) is 13.1. The van der Waals surface area contributed by atoms with Gasteiger partial charge in [-0.05, 0) is 54.6 Å². The van der Waals surface area contributed by atoms with Crippen LogP contribution in [0, 0.1) is 6.92 Å². The Morgan fingerprint density at radius 3 is 2.74 bits per heavy atom. The van der Waals surface area contributed by atoms with Gasteiger partial charge in [-0.3, -0.25) is 0 Å². The van der Waals surface area contributed by atoms with Gasteiger partial charge in [0.05, 0.1) is 16.6 Å². The summed E-state index contributed by atoms with van der Waals surface area (Å²) < 4.78 is 34.5. The molecule has 120 valence electrons. The van der Waals surface area contributed by atoms with Crippen LogP contribution in [0.1, 0.15) is 24.5 Å². The lowest BCUT2D eigenvalue weighted by molar-refractivity contribution is 0.441. The molecule has 0 aliphatic heterocycles. The second kappa shape index (κ2) is 5.94. The minimum Gasteiger partial charge on any atom is -0.465 e. The Bertz CT molecular complexity index is 902. The largest absolute Gasteiger partial charge is 0.465 e. The van der Waals surface area contributed by atoms with E-state index in [4.69, 9.17) is 4.42 Å². The summed E-state index contributed by atoms with van der Waals surface area (Å²) in [5.41, 5.74) is 0.555. The van der Waals surface area contributed by atoms with Gasteiger partial charge in [0.2, 0.25) is 10.0 Å². The predicted octanol–water partition coefficient (Wildman–Crippen LogP) is 1.60. The van der Waals surface area contributed by atoms with Crippen LogP contribution in [-0.4, -0.2) is 28.6 Å². The molecule has 2 aromatic heterocycles. The van der Waals surface area contributed by atoms with Gasteiger partial charge in [-0.15, -0.1) is 5.10 Å². The number of tetrazole rings is 1. The van der Waals surface area contributed by atoms with Gasteiger partial charge >= 0.3 is 0 Å². The van der Waals surface area contributed by atoms with Crippen molar-refractivity contribution >= 4 is 10.0 Å². The van der Waals surface area contributed by atoms with E-state index in [-0.39, 0.29) is 4.90 Å². The van der Waals surface area contributed by atoms with Crippen LogP contribution in [-0.2, 0) is 10.0 Å². The summed E-state index contributed by atoms with van der Waals surface area (Å²) in [6.45, 7) is 3.53. The first-order valence-electron chi connectivity index (χ1n) is 6.88. The average molecular weight is 333 g/mol. The lowest BCUT2D eigenvalue weighted by Crippen LogP contribution is -2.26. The topological polar surface area (TPSA) is 103 Å². The van der Waals surface area contributed by atoms with Gasteiger partial charge in [0, 0.05) is 0 Å². The molecule has 3 aromatic rings. The highest BCUT2D eigenvalue weighted by Crippen LogP contribution is 2.20. The summed E-state index contributed by atoms with van der Waals surface area (Å²) in [6, 6.07) is 9.42. The van der Waals surface area contributed by atoms with Crippen molar-refractivity contribution in [2.75, 3.05) is 0 Å². The molecular weight excluding hydrogens is 318 g/mol. The average Bonchev–Trinajstić information content (AvgIpc) is 3.18. The van der Waals surface area contributed by atoms with E-state index >= 15 is 0 Å². The summed E-state index contributed by atoms with van der Waals surface area (Å²) in [4.78, 5) is 0.126. The zero-order valence-electron chi connectivity index (χ0n) is 12.5. The molecule has 9 heteroatoms. The molecule has 0 saturated carbocycles. The van der Waals surface area contributed by atoms with Gasteiger partial charge in [0.25, 0.3) is 0 Å². The Labute approximate surface area is 133 Å². The number of aromatic nitrogens is 4. The van der Waals surface area contributed by atoms with Crippen molar-refractivity contribution in [3.63, 3.8) is 0 Å². The molecule has 0 radical (unpaired) electrons. The second-order valence-corrected chi connectivity index (χ2v) is 6.76. The number of nitrogens with one attached hydrogen (secondary N) is 1. The quantitative estimate of drug-likeness (QED) is 0.761.